The molecule has 1 amide bonds. The highest BCUT2D eigenvalue weighted by Crippen LogP contribution is 2.48. The molecule has 0 spiro atoms. The number of H-pyrrole nitrogens is 2. The molecule has 1 fully saturated rings. The number of anilines is 2. The summed E-state index contributed by atoms with van der Waals surface area (Å²) < 4.78 is 0. The summed E-state index contributed by atoms with van der Waals surface area (Å²) in [4.78, 5) is 87.0. The Morgan fingerprint density at radius 1 is 0.933 bits per heavy atom. The molecule has 0 aliphatic heterocycles. The van der Waals surface area contributed by atoms with Gasteiger partial charge in [-0.2, -0.15) is 11.8 Å². The molecular formula is C27H37N7O9S2. The molecular weight excluding hydrogens is 630 g/mol. The second-order valence-corrected chi connectivity index (χ2v) is 13.2. The van der Waals surface area contributed by atoms with Crippen molar-refractivity contribution in [1.82, 2.24) is 25.3 Å². The number of carboxylic acid groups (broad SMARTS) is 2. The zero-order valence-electron chi connectivity index (χ0n) is 24.6. The van der Waals surface area contributed by atoms with Crippen LogP contribution < -0.4 is 27.9 Å². The number of aromatic amines is 2. The van der Waals surface area contributed by atoms with Crippen LogP contribution in [0.15, 0.2) is 22.0 Å². The minimum atomic E-state index is -1.28. The number of nitrogens with zero attached hydrogens (tertiary/aromatic N) is 2. The van der Waals surface area contributed by atoms with Crippen LogP contribution in [0.1, 0.15) is 61.4 Å². The Morgan fingerprint density at radius 2 is 1.42 bits per heavy atom. The van der Waals surface area contributed by atoms with Crippen LogP contribution >= 0.6 is 23.5 Å². The highest BCUT2D eigenvalue weighted by Gasteiger charge is 2.43. The number of rotatable bonds is 15. The number of carboxylic acids is 2. The van der Waals surface area contributed by atoms with E-state index in [2.05, 4.69) is 25.3 Å². The number of aliphatic hydroxyl groups is 1. The Morgan fingerprint density at radius 3 is 1.82 bits per heavy atom. The van der Waals surface area contributed by atoms with Gasteiger partial charge in [-0.3, -0.25) is 24.0 Å². The number of hydrogen-bond donors (Lipinski definition) is 8. The fourth-order valence-corrected chi connectivity index (χ4v) is 8.12. The maximum Gasteiger partial charge on any atom is 0.327 e. The van der Waals surface area contributed by atoms with Crippen LogP contribution in [0.4, 0.5) is 11.6 Å². The summed E-state index contributed by atoms with van der Waals surface area (Å²) in [6.45, 7) is 2.66. The normalized spacial score (nSPS) is 20.0. The van der Waals surface area contributed by atoms with E-state index in [4.69, 9.17) is 11.5 Å². The number of nitrogen functional groups attached to an aromatic ring is 2. The maximum absolute atomic E-state index is 14.3. The van der Waals surface area contributed by atoms with E-state index in [9.17, 15) is 44.1 Å². The van der Waals surface area contributed by atoms with Crippen LogP contribution in [0, 0.1) is 17.8 Å². The van der Waals surface area contributed by atoms with Gasteiger partial charge in [0.2, 0.25) is 5.91 Å². The van der Waals surface area contributed by atoms with E-state index in [1.807, 2.05) is 0 Å². The Bertz CT molecular complexity index is 1520. The highest BCUT2D eigenvalue weighted by atomic mass is 32.2. The quantitative estimate of drug-likeness (QED) is 0.127. The standard InChI is InChI=1S/C27H37N7O9S2/c1-11(35)6-13(26(40)41)9-44-20(16-7-30-24(38)22(28)33-16)14-4-3-5-15(19(14)37)21(17-8-31-25(39)23(29)34-17)45-10-18(27(42)43)32-12(2)36/h7-8,11,13-15,18,20-21,35H,3-6,9-10H2,1-2H3,(H2,28,33)(H2,29,34)(H,30,38)(H,31,39)(H,32,36)(H,40,41)(H,42,43)/t11?,13?,14?,15?,18-,20?,21?/m0/s1. The van der Waals surface area contributed by atoms with Crippen molar-refractivity contribution in [2.75, 3.05) is 23.0 Å². The molecule has 0 bridgehead atoms. The number of aliphatic carboxylic acids is 2. The summed E-state index contributed by atoms with van der Waals surface area (Å²) in [6.07, 6.45) is 3.05. The van der Waals surface area contributed by atoms with E-state index in [-0.39, 0.29) is 46.7 Å². The number of aromatic nitrogens is 4. The molecule has 6 unspecified atom stereocenters. The Balaban J connectivity index is 2.01. The van der Waals surface area contributed by atoms with Gasteiger partial charge in [0.05, 0.1) is 33.9 Å². The van der Waals surface area contributed by atoms with E-state index in [0.29, 0.717) is 19.3 Å². The monoisotopic (exact) mass is 667 g/mol. The van der Waals surface area contributed by atoms with Gasteiger partial charge in [0.1, 0.15) is 11.8 Å². The first-order valence-electron chi connectivity index (χ1n) is 14.1. The average molecular weight is 668 g/mol. The van der Waals surface area contributed by atoms with Gasteiger partial charge in [0.25, 0.3) is 11.1 Å². The van der Waals surface area contributed by atoms with Gasteiger partial charge in [-0.05, 0) is 26.2 Å². The van der Waals surface area contributed by atoms with E-state index in [1.165, 1.54) is 26.2 Å². The van der Waals surface area contributed by atoms with E-state index in [0.717, 1.165) is 23.5 Å². The van der Waals surface area contributed by atoms with Crippen LogP contribution in [0.25, 0.3) is 0 Å². The summed E-state index contributed by atoms with van der Waals surface area (Å²) in [5.74, 6) is -6.40. The number of thioether (sulfide) groups is 2. The third-order valence-electron chi connectivity index (χ3n) is 7.31. The van der Waals surface area contributed by atoms with Gasteiger partial charge in [-0.15, -0.1) is 11.8 Å². The summed E-state index contributed by atoms with van der Waals surface area (Å²) >= 11 is 2.22. The number of aliphatic hydroxyl groups excluding tert-OH is 1. The van der Waals surface area contributed by atoms with Crippen LogP contribution in [0.5, 0.6) is 0 Å². The lowest BCUT2D eigenvalue weighted by Gasteiger charge is -2.36. The lowest BCUT2D eigenvalue weighted by molar-refractivity contribution is -0.142. The molecule has 1 aliphatic rings. The summed E-state index contributed by atoms with van der Waals surface area (Å²) in [7, 11) is 0. The molecule has 2 aromatic rings. The third-order valence-corrected chi connectivity index (χ3v) is 10.3. The summed E-state index contributed by atoms with van der Waals surface area (Å²) in [6, 6.07) is -1.27. The summed E-state index contributed by atoms with van der Waals surface area (Å²) in [5, 5.41) is 30.1. The average Bonchev–Trinajstić information content (AvgIpc) is 2.96. The number of carbonyl (C=O) groups is 4. The summed E-state index contributed by atoms with van der Waals surface area (Å²) in [5.41, 5.74) is 10.8. The van der Waals surface area contributed by atoms with Gasteiger partial charge in [0, 0.05) is 42.7 Å². The van der Waals surface area contributed by atoms with Crippen LogP contribution in [-0.2, 0) is 19.2 Å². The second kappa shape index (κ2) is 15.9. The predicted molar refractivity (Wildman–Crippen MR) is 167 cm³/mol. The predicted octanol–water partition coefficient (Wildman–Crippen LogP) is 0.313. The minimum absolute atomic E-state index is 0.0193. The van der Waals surface area contributed by atoms with Crippen molar-refractivity contribution in [2.24, 2.45) is 17.8 Å². The smallest absolute Gasteiger partial charge is 0.327 e. The van der Waals surface area contributed by atoms with E-state index >= 15 is 0 Å². The molecule has 16 nitrogen and oxygen atoms in total. The van der Waals surface area contributed by atoms with Crippen molar-refractivity contribution >= 4 is 58.8 Å². The zero-order valence-corrected chi connectivity index (χ0v) is 26.2. The van der Waals surface area contributed by atoms with Crippen LogP contribution in [0.2, 0.25) is 0 Å². The van der Waals surface area contributed by atoms with E-state index in [1.54, 1.807) is 0 Å². The largest absolute Gasteiger partial charge is 0.481 e. The van der Waals surface area contributed by atoms with E-state index < -0.39 is 69.4 Å². The maximum atomic E-state index is 14.3. The molecule has 45 heavy (non-hydrogen) atoms. The van der Waals surface area contributed by atoms with Crippen molar-refractivity contribution in [2.45, 2.75) is 62.2 Å². The molecule has 246 valence electrons. The van der Waals surface area contributed by atoms with Crippen molar-refractivity contribution in [3.05, 3.63) is 44.5 Å². The molecule has 10 N–H and O–H groups in total. The van der Waals surface area contributed by atoms with Gasteiger partial charge in [-0.1, -0.05) is 6.42 Å². The number of nitrogens with one attached hydrogen (secondary N) is 3. The topological polar surface area (TPSA) is 285 Å². The molecule has 1 saturated carbocycles. The number of nitrogens with two attached hydrogens (primary N) is 2. The molecule has 1 aliphatic carbocycles. The number of amides is 1. The van der Waals surface area contributed by atoms with Gasteiger partial charge < -0.3 is 42.1 Å². The van der Waals surface area contributed by atoms with Gasteiger partial charge in [-0.25, -0.2) is 14.8 Å². The lowest BCUT2D eigenvalue weighted by Crippen LogP contribution is -2.42. The molecule has 7 atom stereocenters. The first kappa shape index (κ1) is 35.6. The molecule has 18 heteroatoms. The minimum Gasteiger partial charge on any atom is -0.481 e. The van der Waals surface area contributed by atoms with Crippen molar-refractivity contribution in [1.29, 1.82) is 0 Å². The molecule has 0 aromatic carbocycles. The number of Topliss-reactive ketones (excluding diaryl/α,β-unsaturated/α-hetero) is 1. The van der Waals surface area contributed by atoms with Crippen molar-refractivity contribution in [3.8, 4) is 0 Å². The molecule has 2 heterocycles. The fraction of sp³-hybridized carbons (Fsp3) is 0.556. The van der Waals surface area contributed by atoms with Gasteiger partial charge in [0.15, 0.2) is 11.6 Å². The Hall–Kier alpha value is -3.90. The van der Waals surface area contributed by atoms with Crippen LogP contribution in [-0.4, -0.2) is 82.5 Å². The number of ketones is 1. The van der Waals surface area contributed by atoms with Crippen molar-refractivity contribution in [3.63, 3.8) is 0 Å². The highest BCUT2D eigenvalue weighted by molar-refractivity contribution is 7.99. The molecule has 0 radical (unpaired) electrons. The fourth-order valence-electron chi connectivity index (χ4n) is 5.19. The Labute approximate surface area is 265 Å². The third kappa shape index (κ3) is 9.54. The molecule has 3 rings (SSSR count). The molecule has 2 aromatic heterocycles. The second-order valence-electron chi connectivity index (χ2n) is 10.8. The zero-order chi connectivity index (χ0) is 33.4. The van der Waals surface area contributed by atoms with Crippen molar-refractivity contribution < 1.29 is 34.5 Å². The Kier molecular flexibility index (Phi) is 12.6. The first-order valence-corrected chi connectivity index (χ1v) is 16.2. The SMILES string of the molecule is CC(=O)N[C@@H](CSC(c1c[nH]c(=O)c(N)n1)C1CCCC(C(SCC(CC(C)O)C(=O)O)c2c[nH]c(=O)c(N)n2)C1=O)C(=O)O. The lowest BCUT2D eigenvalue weighted by atomic mass is 9.76. The first-order chi connectivity index (χ1) is 21.2. The number of carbonyl (C=O) groups excluding carboxylic acids is 2. The van der Waals surface area contributed by atoms with Gasteiger partial charge >= 0.3 is 11.9 Å². The molecule has 0 saturated heterocycles. The van der Waals surface area contributed by atoms with Crippen LogP contribution in [0.3, 0.4) is 0 Å². The number of hydrogen-bond acceptors (Lipinski definition) is 13.